The van der Waals surface area contributed by atoms with Gasteiger partial charge < -0.3 is 23.7 Å². The maximum Gasteiger partial charge on any atom is 0.342 e. The predicted octanol–water partition coefficient (Wildman–Crippen LogP) is 3.08. The molecule has 2 rings (SSSR count). The van der Waals surface area contributed by atoms with Gasteiger partial charge in [0.05, 0.1) is 28.4 Å². The second-order valence-electron chi connectivity index (χ2n) is 4.79. The van der Waals surface area contributed by atoms with Gasteiger partial charge in [-0.15, -0.1) is 0 Å². The number of esters is 1. The highest BCUT2D eigenvalue weighted by atomic mass is 16.5. The first-order chi connectivity index (χ1) is 11.6. The standard InChI is InChI=1S/C18H20O6/c1-20-13-8-9-15(21-2)12(10-13)11-24-18(19)14-6-5-7-16(22-3)17(14)23-4/h5-10H,11H2,1-4H3. The summed E-state index contributed by atoms with van der Waals surface area (Å²) in [4.78, 5) is 12.4. The second-order valence-corrected chi connectivity index (χ2v) is 4.79. The molecule has 6 nitrogen and oxygen atoms in total. The largest absolute Gasteiger partial charge is 0.497 e. The average Bonchev–Trinajstić information content (AvgIpc) is 2.64. The van der Waals surface area contributed by atoms with E-state index in [1.54, 1.807) is 50.6 Å². The minimum atomic E-state index is -0.518. The number of hydrogen-bond donors (Lipinski definition) is 0. The van der Waals surface area contributed by atoms with Gasteiger partial charge in [0.1, 0.15) is 23.7 Å². The average molecular weight is 332 g/mol. The highest BCUT2D eigenvalue weighted by Gasteiger charge is 2.18. The monoisotopic (exact) mass is 332 g/mol. The minimum absolute atomic E-state index is 0.0412. The Morgan fingerprint density at radius 2 is 1.62 bits per heavy atom. The Hall–Kier alpha value is -2.89. The van der Waals surface area contributed by atoms with Crippen LogP contribution in [0, 0.1) is 0 Å². The van der Waals surface area contributed by atoms with Gasteiger partial charge in [0.2, 0.25) is 0 Å². The molecule has 0 atom stereocenters. The van der Waals surface area contributed by atoms with Crippen molar-refractivity contribution in [2.24, 2.45) is 0 Å². The number of rotatable bonds is 7. The van der Waals surface area contributed by atoms with E-state index in [4.69, 9.17) is 23.7 Å². The molecular formula is C18H20O6. The van der Waals surface area contributed by atoms with Crippen LogP contribution >= 0.6 is 0 Å². The Labute approximate surface area is 140 Å². The Morgan fingerprint density at radius 3 is 2.25 bits per heavy atom. The summed E-state index contributed by atoms with van der Waals surface area (Å²) >= 11 is 0. The fourth-order valence-corrected chi connectivity index (χ4v) is 2.26. The van der Waals surface area contributed by atoms with E-state index in [9.17, 15) is 4.79 Å². The molecule has 0 aliphatic heterocycles. The van der Waals surface area contributed by atoms with Gasteiger partial charge in [0.25, 0.3) is 0 Å². The Bertz CT molecular complexity index is 711. The normalized spacial score (nSPS) is 10.0. The van der Waals surface area contributed by atoms with Crippen molar-refractivity contribution in [3.63, 3.8) is 0 Å². The minimum Gasteiger partial charge on any atom is -0.497 e. The van der Waals surface area contributed by atoms with Crippen LogP contribution in [0.4, 0.5) is 0 Å². The summed E-state index contributed by atoms with van der Waals surface area (Å²) in [6.45, 7) is 0.0412. The van der Waals surface area contributed by atoms with Crippen molar-refractivity contribution < 1.29 is 28.5 Å². The maximum atomic E-state index is 12.4. The Kier molecular flexibility index (Phi) is 5.89. The van der Waals surface area contributed by atoms with Crippen molar-refractivity contribution in [2.45, 2.75) is 6.61 Å². The van der Waals surface area contributed by atoms with Gasteiger partial charge in [-0.05, 0) is 30.3 Å². The lowest BCUT2D eigenvalue weighted by Crippen LogP contribution is -2.08. The molecule has 0 aliphatic rings. The fraction of sp³-hybridized carbons (Fsp3) is 0.278. The van der Waals surface area contributed by atoms with Gasteiger partial charge in [0, 0.05) is 5.56 Å². The number of para-hydroxylation sites is 1. The summed E-state index contributed by atoms with van der Waals surface area (Å²) in [5, 5.41) is 0. The third-order valence-electron chi connectivity index (χ3n) is 3.47. The highest BCUT2D eigenvalue weighted by Crippen LogP contribution is 2.31. The molecule has 2 aromatic rings. The molecule has 6 heteroatoms. The number of benzene rings is 2. The summed E-state index contributed by atoms with van der Waals surface area (Å²) in [5.74, 6) is 1.55. The summed E-state index contributed by atoms with van der Waals surface area (Å²) in [7, 11) is 6.10. The van der Waals surface area contributed by atoms with E-state index < -0.39 is 5.97 Å². The van der Waals surface area contributed by atoms with Crippen molar-refractivity contribution >= 4 is 5.97 Å². The van der Waals surface area contributed by atoms with Gasteiger partial charge in [-0.3, -0.25) is 0 Å². The molecule has 0 unspecified atom stereocenters. The molecule has 2 aromatic carbocycles. The molecule has 0 radical (unpaired) electrons. The van der Waals surface area contributed by atoms with Crippen molar-refractivity contribution in [1.29, 1.82) is 0 Å². The molecule has 0 amide bonds. The van der Waals surface area contributed by atoms with E-state index in [0.29, 0.717) is 34.1 Å². The Morgan fingerprint density at radius 1 is 0.875 bits per heavy atom. The van der Waals surface area contributed by atoms with Gasteiger partial charge in [-0.25, -0.2) is 4.79 Å². The van der Waals surface area contributed by atoms with Crippen molar-refractivity contribution in [3.05, 3.63) is 47.5 Å². The molecular weight excluding hydrogens is 312 g/mol. The Balaban J connectivity index is 2.20. The molecule has 0 bridgehead atoms. The summed E-state index contributed by atoms with van der Waals surface area (Å²) in [5.41, 5.74) is 0.991. The number of carbonyl (C=O) groups is 1. The first kappa shape index (κ1) is 17.5. The molecule has 0 spiro atoms. The van der Waals surface area contributed by atoms with Crippen LogP contribution < -0.4 is 18.9 Å². The van der Waals surface area contributed by atoms with E-state index in [-0.39, 0.29) is 6.61 Å². The first-order valence-electron chi connectivity index (χ1n) is 7.23. The van der Waals surface area contributed by atoms with Crippen LogP contribution in [0.5, 0.6) is 23.0 Å². The lowest BCUT2D eigenvalue weighted by Gasteiger charge is -2.13. The smallest absolute Gasteiger partial charge is 0.342 e. The molecule has 0 fully saturated rings. The molecule has 24 heavy (non-hydrogen) atoms. The summed E-state index contributed by atoms with van der Waals surface area (Å²) < 4.78 is 26.3. The van der Waals surface area contributed by atoms with Crippen molar-refractivity contribution in [2.75, 3.05) is 28.4 Å². The third-order valence-corrected chi connectivity index (χ3v) is 3.47. The van der Waals surface area contributed by atoms with E-state index in [2.05, 4.69) is 0 Å². The topological polar surface area (TPSA) is 63.2 Å². The number of hydrogen-bond acceptors (Lipinski definition) is 6. The van der Waals surface area contributed by atoms with E-state index in [1.165, 1.54) is 14.2 Å². The van der Waals surface area contributed by atoms with Crippen molar-refractivity contribution in [1.82, 2.24) is 0 Å². The van der Waals surface area contributed by atoms with Crippen LogP contribution in [0.15, 0.2) is 36.4 Å². The first-order valence-corrected chi connectivity index (χ1v) is 7.23. The zero-order valence-electron chi connectivity index (χ0n) is 14.1. The summed E-state index contributed by atoms with van der Waals surface area (Å²) in [6, 6.07) is 10.3. The predicted molar refractivity (Wildman–Crippen MR) is 88.2 cm³/mol. The molecule has 128 valence electrons. The SMILES string of the molecule is COc1ccc(OC)c(COC(=O)c2cccc(OC)c2OC)c1. The van der Waals surface area contributed by atoms with Gasteiger partial charge in [-0.2, -0.15) is 0 Å². The number of carbonyl (C=O) groups excluding carboxylic acids is 1. The van der Waals surface area contributed by atoms with Crippen LogP contribution in [0.1, 0.15) is 15.9 Å². The van der Waals surface area contributed by atoms with Crippen LogP contribution in [0.2, 0.25) is 0 Å². The zero-order chi connectivity index (χ0) is 17.5. The van der Waals surface area contributed by atoms with Crippen LogP contribution in [-0.2, 0) is 11.3 Å². The lowest BCUT2D eigenvalue weighted by atomic mass is 10.1. The van der Waals surface area contributed by atoms with Crippen LogP contribution in [-0.4, -0.2) is 34.4 Å². The molecule has 0 aliphatic carbocycles. The van der Waals surface area contributed by atoms with E-state index >= 15 is 0 Å². The zero-order valence-corrected chi connectivity index (χ0v) is 14.1. The van der Waals surface area contributed by atoms with Gasteiger partial charge in [-0.1, -0.05) is 6.07 Å². The summed E-state index contributed by atoms with van der Waals surface area (Å²) in [6.07, 6.45) is 0. The van der Waals surface area contributed by atoms with E-state index in [0.717, 1.165) is 0 Å². The quantitative estimate of drug-likeness (QED) is 0.726. The van der Waals surface area contributed by atoms with Crippen molar-refractivity contribution in [3.8, 4) is 23.0 Å². The van der Waals surface area contributed by atoms with Gasteiger partial charge in [0.15, 0.2) is 11.5 Å². The highest BCUT2D eigenvalue weighted by molar-refractivity contribution is 5.93. The number of methoxy groups -OCH3 is 4. The molecule has 0 heterocycles. The maximum absolute atomic E-state index is 12.4. The molecule has 0 N–H and O–H groups in total. The van der Waals surface area contributed by atoms with Crippen LogP contribution in [0.3, 0.4) is 0 Å². The molecule has 0 aromatic heterocycles. The number of ether oxygens (including phenoxy) is 5. The molecule has 0 saturated carbocycles. The van der Waals surface area contributed by atoms with Gasteiger partial charge >= 0.3 is 5.97 Å². The third kappa shape index (κ3) is 3.71. The second kappa shape index (κ2) is 8.10. The van der Waals surface area contributed by atoms with Crippen LogP contribution in [0.25, 0.3) is 0 Å². The van der Waals surface area contributed by atoms with E-state index in [1.807, 2.05) is 0 Å². The lowest BCUT2D eigenvalue weighted by molar-refractivity contribution is 0.0465. The molecule has 0 saturated heterocycles. The fourth-order valence-electron chi connectivity index (χ4n) is 2.26.